The number of hydrogen-bond acceptors (Lipinski definition) is 3. The Balaban J connectivity index is 1.68. The quantitative estimate of drug-likeness (QED) is 0.640. The van der Waals surface area contributed by atoms with E-state index in [-0.39, 0.29) is 6.17 Å². The van der Waals surface area contributed by atoms with Crippen LogP contribution in [0.5, 0.6) is 0 Å². The molecule has 3 aromatic rings. The van der Waals surface area contributed by atoms with E-state index < -0.39 is 10.0 Å². The maximum absolute atomic E-state index is 13.2. The molecule has 0 radical (unpaired) electrons. The fraction of sp³-hybridized carbons (Fsp3) is 0.143. The summed E-state index contributed by atoms with van der Waals surface area (Å²) in [5, 5.41) is 1.89. The van der Waals surface area contributed by atoms with Crippen molar-refractivity contribution in [2.24, 2.45) is 0 Å². The molecule has 1 aliphatic rings. The highest BCUT2D eigenvalue weighted by Gasteiger charge is 2.54. The predicted molar refractivity (Wildman–Crippen MR) is 101 cm³/mol. The minimum atomic E-state index is -3.59. The highest BCUT2D eigenvalue weighted by atomic mass is 32.2. The third-order valence-corrected chi connectivity index (χ3v) is 6.31. The maximum atomic E-state index is 13.2. The third kappa shape index (κ3) is 3.17. The Morgan fingerprint density at radius 2 is 1.38 bits per heavy atom. The Bertz CT molecular complexity index is 987. The molecule has 0 N–H and O–H groups in total. The Kier molecular flexibility index (Phi) is 4.36. The summed E-state index contributed by atoms with van der Waals surface area (Å²) in [6.07, 6.45) is -0.275. The zero-order valence-corrected chi connectivity index (χ0v) is 15.3. The molecule has 26 heavy (non-hydrogen) atoms. The maximum Gasteiger partial charge on any atom is 0.257 e. The zero-order valence-electron chi connectivity index (χ0n) is 14.5. The summed E-state index contributed by atoms with van der Waals surface area (Å²) in [7, 11) is -3.59. The van der Waals surface area contributed by atoms with Crippen LogP contribution >= 0.6 is 0 Å². The van der Waals surface area contributed by atoms with E-state index in [1.54, 1.807) is 12.1 Å². The minimum absolute atomic E-state index is 0.275. The summed E-state index contributed by atoms with van der Waals surface area (Å²) in [5.74, 6) is 0. The molecule has 0 spiro atoms. The van der Waals surface area contributed by atoms with Crippen molar-refractivity contribution in [1.82, 2.24) is 9.42 Å². The van der Waals surface area contributed by atoms with Gasteiger partial charge in [-0.1, -0.05) is 78.4 Å². The van der Waals surface area contributed by atoms with Crippen LogP contribution in [0, 0.1) is 6.92 Å². The lowest BCUT2D eigenvalue weighted by Crippen LogP contribution is -2.17. The number of rotatable bonds is 5. The van der Waals surface area contributed by atoms with Gasteiger partial charge in [0, 0.05) is 6.54 Å². The topological polar surface area (TPSA) is 40.2 Å². The summed E-state index contributed by atoms with van der Waals surface area (Å²) in [5.41, 5.74) is 3.09. The van der Waals surface area contributed by atoms with Crippen LogP contribution in [-0.4, -0.2) is 17.8 Å². The van der Waals surface area contributed by atoms with Crippen molar-refractivity contribution < 1.29 is 8.42 Å². The molecule has 1 fully saturated rings. The predicted octanol–water partition coefficient (Wildman–Crippen LogP) is 4.12. The van der Waals surface area contributed by atoms with Crippen LogP contribution in [0.25, 0.3) is 0 Å². The van der Waals surface area contributed by atoms with Crippen molar-refractivity contribution in [3.8, 4) is 0 Å². The molecule has 0 saturated carbocycles. The second kappa shape index (κ2) is 6.68. The molecule has 3 atom stereocenters. The highest BCUT2D eigenvalue weighted by molar-refractivity contribution is 7.89. The number of hydrazine groups is 1. The highest BCUT2D eigenvalue weighted by Crippen LogP contribution is 2.46. The van der Waals surface area contributed by atoms with Crippen LogP contribution in [0.15, 0.2) is 89.8 Å². The first kappa shape index (κ1) is 17.0. The molecule has 4 rings (SSSR count). The molecular weight excluding hydrogens is 344 g/mol. The zero-order chi connectivity index (χ0) is 18.1. The van der Waals surface area contributed by atoms with E-state index in [2.05, 4.69) is 0 Å². The van der Waals surface area contributed by atoms with Crippen molar-refractivity contribution in [3.05, 3.63) is 102 Å². The van der Waals surface area contributed by atoms with Crippen LogP contribution < -0.4 is 0 Å². The molecule has 0 bridgehead atoms. The van der Waals surface area contributed by atoms with E-state index in [4.69, 9.17) is 0 Å². The van der Waals surface area contributed by atoms with Crippen molar-refractivity contribution in [3.63, 3.8) is 0 Å². The van der Waals surface area contributed by atoms with Gasteiger partial charge in [-0.3, -0.25) is 0 Å². The van der Waals surface area contributed by atoms with Gasteiger partial charge in [0.1, 0.15) is 6.17 Å². The van der Waals surface area contributed by atoms with Gasteiger partial charge in [-0.25, -0.2) is 8.42 Å². The lowest BCUT2D eigenvalue weighted by molar-refractivity contribution is 0.391. The van der Waals surface area contributed by atoms with E-state index in [9.17, 15) is 8.42 Å². The van der Waals surface area contributed by atoms with Gasteiger partial charge >= 0.3 is 0 Å². The number of benzene rings is 3. The SMILES string of the molecule is Cc1ccc(S(=O)(=O)N2C(c3ccccc3)N2Cc2ccccc2)cc1. The van der Waals surface area contributed by atoms with E-state index in [1.807, 2.05) is 84.7 Å². The van der Waals surface area contributed by atoms with Gasteiger partial charge in [-0.15, -0.1) is 4.41 Å². The van der Waals surface area contributed by atoms with Gasteiger partial charge in [0.25, 0.3) is 10.0 Å². The average molecular weight is 364 g/mol. The molecule has 3 aromatic carbocycles. The Morgan fingerprint density at radius 3 is 2.00 bits per heavy atom. The van der Waals surface area contributed by atoms with Crippen molar-refractivity contribution in [2.45, 2.75) is 24.5 Å². The van der Waals surface area contributed by atoms with Crippen LogP contribution in [0.1, 0.15) is 22.9 Å². The molecule has 0 aromatic heterocycles. The van der Waals surface area contributed by atoms with Crippen molar-refractivity contribution in [2.75, 3.05) is 0 Å². The molecule has 1 heterocycles. The summed E-state index contributed by atoms with van der Waals surface area (Å²) in [4.78, 5) is 0.319. The molecule has 3 unspecified atom stereocenters. The molecule has 5 heteroatoms. The summed E-state index contributed by atoms with van der Waals surface area (Å²) in [6, 6.07) is 26.7. The van der Waals surface area contributed by atoms with E-state index >= 15 is 0 Å². The number of aryl methyl sites for hydroxylation is 1. The Labute approximate surface area is 154 Å². The van der Waals surface area contributed by atoms with Gasteiger partial charge in [0.05, 0.1) is 4.90 Å². The molecule has 0 amide bonds. The first-order chi connectivity index (χ1) is 12.6. The van der Waals surface area contributed by atoms with E-state index in [0.717, 1.165) is 16.7 Å². The Morgan fingerprint density at radius 1 is 0.808 bits per heavy atom. The molecule has 0 aliphatic carbocycles. The second-order valence-electron chi connectivity index (χ2n) is 6.46. The third-order valence-electron chi connectivity index (χ3n) is 4.54. The van der Waals surface area contributed by atoms with Crippen LogP contribution in [0.4, 0.5) is 0 Å². The normalized spacial score (nSPS) is 22.1. The average Bonchev–Trinajstić information content (AvgIpc) is 3.38. The van der Waals surface area contributed by atoms with Crippen LogP contribution in [0.3, 0.4) is 0 Å². The molecule has 1 saturated heterocycles. The van der Waals surface area contributed by atoms with Crippen molar-refractivity contribution >= 4 is 10.0 Å². The van der Waals surface area contributed by atoms with Gasteiger partial charge < -0.3 is 0 Å². The molecule has 132 valence electrons. The van der Waals surface area contributed by atoms with Gasteiger partial charge in [0.15, 0.2) is 0 Å². The van der Waals surface area contributed by atoms with Gasteiger partial charge in [-0.2, -0.15) is 5.01 Å². The molecule has 1 aliphatic heterocycles. The summed E-state index contributed by atoms with van der Waals surface area (Å²) < 4.78 is 27.8. The smallest absolute Gasteiger partial charge is 0.206 e. The van der Waals surface area contributed by atoms with Gasteiger partial charge in [-0.05, 0) is 30.2 Å². The van der Waals surface area contributed by atoms with E-state index in [1.165, 1.54) is 4.41 Å². The summed E-state index contributed by atoms with van der Waals surface area (Å²) in [6.45, 7) is 2.49. The lowest BCUT2D eigenvalue weighted by Gasteiger charge is -2.07. The number of hydrogen-bond donors (Lipinski definition) is 0. The first-order valence-corrected chi connectivity index (χ1v) is 9.98. The second-order valence-corrected chi connectivity index (χ2v) is 8.25. The van der Waals surface area contributed by atoms with Crippen molar-refractivity contribution in [1.29, 1.82) is 0 Å². The number of nitrogens with zero attached hydrogens (tertiary/aromatic N) is 2. The largest absolute Gasteiger partial charge is 0.257 e. The summed E-state index contributed by atoms with van der Waals surface area (Å²) >= 11 is 0. The Hall–Kier alpha value is -2.47. The lowest BCUT2D eigenvalue weighted by atomic mass is 10.2. The van der Waals surface area contributed by atoms with E-state index in [0.29, 0.717) is 11.4 Å². The monoisotopic (exact) mass is 364 g/mol. The molecule has 4 nitrogen and oxygen atoms in total. The first-order valence-electron chi connectivity index (χ1n) is 8.54. The van der Waals surface area contributed by atoms with Crippen LogP contribution in [0.2, 0.25) is 0 Å². The fourth-order valence-corrected chi connectivity index (χ4v) is 4.70. The minimum Gasteiger partial charge on any atom is -0.206 e. The van der Waals surface area contributed by atoms with Gasteiger partial charge in [0.2, 0.25) is 0 Å². The molecular formula is C21H20N2O2S. The fourth-order valence-electron chi connectivity index (χ4n) is 3.13. The number of sulfonamides is 1. The standard InChI is InChI=1S/C21H20N2O2S/c1-17-12-14-20(15-13-17)26(24,25)23-21(19-10-6-3-7-11-19)22(23)16-18-8-4-2-5-9-18/h2-15,21H,16H2,1H3. The van der Waals surface area contributed by atoms with Crippen LogP contribution in [-0.2, 0) is 16.6 Å².